The lowest BCUT2D eigenvalue weighted by Gasteiger charge is -2.08. The van der Waals surface area contributed by atoms with E-state index in [1.54, 1.807) is 25.3 Å². The number of hydrogen-bond acceptors (Lipinski definition) is 9. The highest BCUT2D eigenvalue weighted by Crippen LogP contribution is 2.28. The van der Waals surface area contributed by atoms with Crippen molar-refractivity contribution in [3.05, 3.63) is 48.0 Å². The molecule has 34 heavy (non-hydrogen) atoms. The van der Waals surface area contributed by atoms with Crippen molar-refractivity contribution in [3.8, 4) is 28.6 Å². The Balaban J connectivity index is 1.58. The standard InChI is InChI=1S/C23H25N5O5S/c1-5-28-22(17-7-9-18(31-3)10-8-17)26-27-23(28)34-14-21(30)25-24-13-16-6-11-19(33-15(2)29)20(12-16)32-4/h6-13H,5,14H2,1-4H3,(H,25,30)/b24-13-. The van der Waals surface area contributed by atoms with E-state index in [1.807, 2.05) is 35.8 Å². The minimum absolute atomic E-state index is 0.118. The van der Waals surface area contributed by atoms with Gasteiger partial charge in [0, 0.05) is 19.0 Å². The fourth-order valence-electron chi connectivity index (χ4n) is 2.98. The second-order valence-corrected chi connectivity index (χ2v) is 7.81. The minimum Gasteiger partial charge on any atom is -0.497 e. The number of nitrogens with zero attached hydrogens (tertiary/aromatic N) is 4. The normalized spacial score (nSPS) is 10.8. The lowest BCUT2D eigenvalue weighted by molar-refractivity contribution is -0.132. The zero-order valence-electron chi connectivity index (χ0n) is 19.3. The highest BCUT2D eigenvalue weighted by molar-refractivity contribution is 7.99. The van der Waals surface area contributed by atoms with Gasteiger partial charge < -0.3 is 18.8 Å². The number of benzene rings is 2. The number of thioether (sulfide) groups is 1. The lowest BCUT2D eigenvalue weighted by Crippen LogP contribution is -2.20. The van der Waals surface area contributed by atoms with Crippen molar-refractivity contribution in [1.29, 1.82) is 0 Å². The highest BCUT2D eigenvalue weighted by atomic mass is 32.2. The number of aromatic nitrogens is 3. The van der Waals surface area contributed by atoms with Crippen molar-refractivity contribution >= 4 is 29.9 Å². The Labute approximate surface area is 201 Å². The summed E-state index contributed by atoms with van der Waals surface area (Å²) in [5, 5.41) is 13.1. The van der Waals surface area contributed by atoms with Crippen LogP contribution < -0.4 is 19.6 Å². The second-order valence-electron chi connectivity index (χ2n) is 6.86. The number of carbonyl (C=O) groups excluding carboxylic acids is 2. The van der Waals surface area contributed by atoms with Gasteiger partial charge in [-0.3, -0.25) is 9.59 Å². The average molecular weight is 484 g/mol. The first-order valence-corrected chi connectivity index (χ1v) is 11.3. The maximum Gasteiger partial charge on any atom is 0.308 e. The van der Waals surface area contributed by atoms with E-state index >= 15 is 0 Å². The molecule has 0 bridgehead atoms. The fraction of sp³-hybridized carbons (Fsp3) is 0.261. The Morgan fingerprint density at radius 1 is 1.09 bits per heavy atom. The van der Waals surface area contributed by atoms with E-state index in [2.05, 4.69) is 20.7 Å². The smallest absolute Gasteiger partial charge is 0.308 e. The molecule has 0 radical (unpaired) electrons. The van der Waals surface area contributed by atoms with Crippen LogP contribution in [0.3, 0.4) is 0 Å². The van der Waals surface area contributed by atoms with Crippen LogP contribution in [0.2, 0.25) is 0 Å². The summed E-state index contributed by atoms with van der Waals surface area (Å²) in [6.07, 6.45) is 1.47. The summed E-state index contributed by atoms with van der Waals surface area (Å²) in [6.45, 7) is 3.96. The van der Waals surface area contributed by atoms with E-state index in [4.69, 9.17) is 14.2 Å². The molecule has 0 atom stereocenters. The molecule has 0 aliphatic carbocycles. The molecule has 1 N–H and O–H groups in total. The van der Waals surface area contributed by atoms with Crippen molar-refractivity contribution in [1.82, 2.24) is 20.2 Å². The van der Waals surface area contributed by atoms with Crippen LogP contribution in [0.1, 0.15) is 19.4 Å². The van der Waals surface area contributed by atoms with Crippen LogP contribution in [0.5, 0.6) is 17.2 Å². The van der Waals surface area contributed by atoms with Gasteiger partial charge in [-0.1, -0.05) is 11.8 Å². The number of ether oxygens (including phenoxy) is 3. The van der Waals surface area contributed by atoms with Crippen LogP contribution in [0.25, 0.3) is 11.4 Å². The summed E-state index contributed by atoms with van der Waals surface area (Å²) < 4.78 is 17.4. The molecule has 0 aliphatic rings. The van der Waals surface area contributed by atoms with Gasteiger partial charge in [0.15, 0.2) is 22.5 Å². The van der Waals surface area contributed by atoms with Gasteiger partial charge in [0.05, 0.1) is 26.2 Å². The van der Waals surface area contributed by atoms with E-state index in [1.165, 1.54) is 32.0 Å². The number of esters is 1. The molecule has 178 valence electrons. The fourth-order valence-corrected chi connectivity index (χ4v) is 3.77. The number of methoxy groups -OCH3 is 2. The molecule has 10 nitrogen and oxygen atoms in total. The van der Waals surface area contributed by atoms with E-state index in [-0.39, 0.29) is 11.7 Å². The summed E-state index contributed by atoms with van der Waals surface area (Å²) in [7, 11) is 3.09. The molecular formula is C23H25N5O5S. The third-order valence-electron chi connectivity index (χ3n) is 4.56. The number of rotatable bonds is 10. The molecule has 1 heterocycles. The molecular weight excluding hydrogens is 458 g/mol. The Morgan fingerprint density at radius 2 is 1.85 bits per heavy atom. The number of hydrogen-bond donors (Lipinski definition) is 1. The maximum atomic E-state index is 12.3. The van der Waals surface area contributed by atoms with Gasteiger partial charge in [0.2, 0.25) is 0 Å². The van der Waals surface area contributed by atoms with Gasteiger partial charge in [-0.05, 0) is 55.0 Å². The van der Waals surface area contributed by atoms with Crippen LogP contribution in [0.4, 0.5) is 0 Å². The molecule has 2 aromatic carbocycles. The predicted octanol–water partition coefficient (Wildman–Crippen LogP) is 3.15. The third kappa shape index (κ3) is 6.35. The zero-order valence-corrected chi connectivity index (χ0v) is 20.1. The summed E-state index contributed by atoms with van der Waals surface area (Å²) in [6, 6.07) is 12.5. The van der Waals surface area contributed by atoms with Crippen LogP contribution in [0, 0.1) is 0 Å². The average Bonchev–Trinajstić information content (AvgIpc) is 3.26. The van der Waals surface area contributed by atoms with Crippen molar-refractivity contribution in [2.75, 3.05) is 20.0 Å². The molecule has 0 spiro atoms. The third-order valence-corrected chi connectivity index (χ3v) is 5.52. The Morgan fingerprint density at radius 3 is 2.50 bits per heavy atom. The summed E-state index contributed by atoms with van der Waals surface area (Å²) in [4.78, 5) is 23.4. The summed E-state index contributed by atoms with van der Waals surface area (Å²) in [5.74, 6) is 1.55. The van der Waals surface area contributed by atoms with E-state index in [0.717, 1.165) is 17.1 Å². The van der Waals surface area contributed by atoms with Crippen LogP contribution in [0.15, 0.2) is 52.7 Å². The van der Waals surface area contributed by atoms with Gasteiger partial charge >= 0.3 is 5.97 Å². The summed E-state index contributed by atoms with van der Waals surface area (Å²) >= 11 is 1.27. The SMILES string of the molecule is CCn1c(SCC(=O)N/N=C\c2ccc(OC(C)=O)c(OC)c2)nnc1-c1ccc(OC)cc1. The molecule has 0 saturated carbocycles. The predicted molar refractivity (Wildman–Crippen MR) is 128 cm³/mol. The molecule has 1 aromatic heterocycles. The molecule has 0 saturated heterocycles. The van der Waals surface area contributed by atoms with Crippen molar-refractivity contribution in [3.63, 3.8) is 0 Å². The van der Waals surface area contributed by atoms with Crippen LogP contribution in [-0.2, 0) is 16.1 Å². The van der Waals surface area contributed by atoms with Gasteiger partial charge in [-0.15, -0.1) is 10.2 Å². The highest BCUT2D eigenvalue weighted by Gasteiger charge is 2.14. The second kappa shape index (κ2) is 11.8. The zero-order chi connectivity index (χ0) is 24.5. The monoisotopic (exact) mass is 483 g/mol. The first kappa shape index (κ1) is 24.8. The molecule has 0 fully saturated rings. The van der Waals surface area contributed by atoms with E-state index in [9.17, 15) is 9.59 Å². The molecule has 3 aromatic rings. The first-order valence-electron chi connectivity index (χ1n) is 10.3. The molecule has 0 aliphatic heterocycles. The van der Waals surface area contributed by atoms with Crippen molar-refractivity contribution in [2.45, 2.75) is 25.5 Å². The van der Waals surface area contributed by atoms with Gasteiger partial charge in [0.1, 0.15) is 5.75 Å². The van der Waals surface area contributed by atoms with E-state index < -0.39 is 5.97 Å². The van der Waals surface area contributed by atoms with Crippen molar-refractivity contribution in [2.24, 2.45) is 5.10 Å². The summed E-state index contributed by atoms with van der Waals surface area (Å²) in [5.41, 5.74) is 4.06. The molecule has 0 unspecified atom stereocenters. The number of nitrogens with one attached hydrogen (secondary N) is 1. The van der Waals surface area contributed by atoms with Gasteiger partial charge in [-0.25, -0.2) is 5.43 Å². The molecule has 3 rings (SSSR count). The van der Waals surface area contributed by atoms with Gasteiger partial charge in [0.25, 0.3) is 5.91 Å². The van der Waals surface area contributed by atoms with Gasteiger partial charge in [-0.2, -0.15) is 5.10 Å². The topological polar surface area (TPSA) is 117 Å². The number of amides is 1. The van der Waals surface area contributed by atoms with Crippen LogP contribution in [-0.4, -0.2) is 52.8 Å². The molecule has 11 heteroatoms. The minimum atomic E-state index is -0.445. The Hall–Kier alpha value is -3.86. The van der Waals surface area contributed by atoms with E-state index in [0.29, 0.717) is 28.8 Å². The first-order chi connectivity index (χ1) is 16.4. The van der Waals surface area contributed by atoms with Crippen LogP contribution >= 0.6 is 11.8 Å². The lowest BCUT2D eigenvalue weighted by atomic mass is 10.2. The number of hydrazone groups is 1. The Bertz CT molecular complexity index is 1180. The van der Waals surface area contributed by atoms with Crippen molar-refractivity contribution < 1.29 is 23.8 Å². The number of carbonyl (C=O) groups is 2. The maximum absolute atomic E-state index is 12.3. The Kier molecular flexibility index (Phi) is 8.63. The quantitative estimate of drug-likeness (QED) is 0.154. The molecule has 1 amide bonds. The largest absolute Gasteiger partial charge is 0.497 e.